The maximum absolute atomic E-state index is 5.67. The van der Waals surface area contributed by atoms with Crippen molar-refractivity contribution in [2.45, 2.75) is 25.9 Å². The van der Waals surface area contributed by atoms with Gasteiger partial charge in [0.25, 0.3) is 0 Å². The molecule has 76 valence electrons. The molecule has 1 aliphatic rings. The van der Waals surface area contributed by atoms with Gasteiger partial charge in [0.15, 0.2) is 0 Å². The Morgan fingerprint density at radius 3 is 2.79 bits per heavy atom. The number of likely N-dealkylation sites (tertiary alicyclic amines) is 1. The molecule has 0 radical (unpaired) electrons. The summed E-state index contributed by atoms with van der Waals surface area (Å²) >= 11 is 0. The lowest BCUT2D eigenvalue weighted by molar-refractivity contribution is 0.0880. The van der Waals surface area contributed by atoms with E-state index < -0.39 is 0 Å². The first-order valence-corrected chi connectivity index (χ1v) is 5.30. The van der Waals surface area contributed by atoms with E-state index >= 15 is 0 Å². The van der Waals surface area contributed by atoms with Crippen LogP contribution in [0, 0.1) is 6.92 Å². The number of nitrogens with two attached hydrogens (primary N) is 1. The Kier molecular flexibility index (Phi) is 2.85. The molecule has 1 aromatic carbocycles. The predicted octanol–water partition coefficient (Wildman–Crippen LogP) is 1.53. The topological polar surface area (TPSA) is 29.3 Å². The van der Waals surface area contributed by atoms with Crippen molar-refractivity contribution in [2.75, 3.05) is 13.1 Å². The number of nitrogens with zero attached hydrogens (tertiary/aromatic N) is 1. The van der Waals surface area contributed by atoms with Crippen LogP contribution in [-0.2, 0) is 6.54 Å². The minimum absolute atomic E-state index is 0.620. The van der Waals surface area contributed by atoms with Crippen LogP contribution in [0.5, 0.6) is 0 Å². The van der Waals surface area contributed by atoms with Gasteiger partial charge in [0, 0.05) is 25.7 Å². The molecule has 1 aliphatic heterocycles. The van der Waals surface area contributed by atoms with Crippen LogP contribution in [0.4, 0.5) is 0 Å². The van der Waals surface area contributed by atoms with Crippen molar-refractivity contribution in [3.05, 3.63) is 35.4 Å². The van der Waals surface area contributed by atoms with Gasteiger partial charge in [0.1, 0.15) is 0 Å². The summed E-state index contributed by atoms with van der Waals surface area (Å²) in [7, 11) is 0. The largest absolute Gasteiger partial charge is 0.329 e. The van der Waals surface area contributed by atoms with Crippen LogP contribution in [0.2, 0.25) is 0 Å². The highest BCUT2D eigenvalue weighted by atomic mass is 15.2. The van der Waals surface area contributed by atoms with E-state index in [4.69, 9.17) is 5.73 Å². The van der Waals surface area contributed by atoms with Gasteiger partial charge in [-0.05, 0) is 24.5 Å². The van der Waals surface area contributed by atoms with Gasteiger partial charge in [-0.15, -0.1) is 0 Å². The molecule has 0 saturated carbocycles. The number of aryl methyl sites for hydroxylation is 1. The third-order valence-electron chi connectivity index (χ3n) is 3.17. The lowest BCUT2D eigenvalue weighted by atomic mass is 10.0. The fourth-order valence-electron chi connectivity index (χ4n) is 1.98. The molecule has 1 atom stereocenters. The van der Waals surface area contributed by atoms with E-state index in [2.05, 4.69) is 36.1 Å². The van der Waals surface area contributed by atoms with E-state index in [9.17, 15) is 0 Å². The fourth-order valence-corrected chi connectivity index (χ4v) is 1.98. The monoisotopic (exact) mass is 190 g/mol. The molecule has 0 aromatic heterocycles. The Morgan fingerprint density at radius 2 is 2.21 bits per heavy atom. The summed E-state index contributed by atoms with van der Waals surface area (Å²) in [6, 6.07) is 9.21. The molecule has 0 aliphatic carbocycles. The van der Waals surface area contributed by atoms with Crippen molar-refractivity contribution in [1.82, 2.24) is 4.90 Å². The minimum atomic E-state index is 0.620. The fraction of sp³-hybridized carbons (Fsp3) is 0.500. The highest BCUT2D eigenvalue weighted by molar-refractivity contribution is 5.25. The summed E-state index contributed by atoms with van der Waals surface area (Å²) < 4.78 is 0. The first-order chi connectivity index (χ1) is 6.81. The summed E-state index contributed by atoms with van der Waals surface area (Å²) in [5, 5.41) is 0. The summed E-state index contributed by atoms with van der Waals surface area (Å²) in [5.74, 6) is 0. The van der Waals surface area contributed by atoms with Crippen LogP contribution in [0.25, 0.3) is 0 Å². The van der Waals surface area contributed by atoms with E-state index in [1.807, 2.05) is 0 Å². The van der Waals surface area contributed by atoms with Gasteiger partial charge in [-0.1, -0.05) is 24.3 Å². The Labute approximate surface area is 85.7 Å². The summed E-state index contributed by atoms with van der Waals surface area (Å²) in [6.45, 7) is 5.24. The Morgan fingerprint density at radius 1 is 1.43 bits per heavy atom. The molecule has 1 unspecified atom stereocenters. The highest BCUT2D eigenvalue weighted by Gasteiger charge is 2.26. The molecular formula is C12H18N2. The number of rotatable bonds is 3. The van der Waals surface area contributed by atoms with Crippen LogP contribution in [0.3, 0.4) is 0 Å². The highest BCUT2D eigenvalue weighted by Crippen LogP contribution is 2.20. The molecule has 0 amide bonds. The van der Waals surface area contributed by atoms with Crippen molar-refractivity contribution < 1.29 is 0 Å². The van der Waals surface area contributed by atoms with Crippen molar-refractivity contribution in [1.29, 1.82) is 0 Å². The molecule has 1 heterocycles. The average molecular weight is 190 g/mol. The summed E-state index contributed by atoms with van der Waals surface area (Å²) in [5.41, 5.74) is 8.49. The Balaban J connectivity index is 2.01. The van der Waals surface area contributed by atoms with Crippen LogP contribution >= 0.6 is 0 Å². The molecule has 2 N–H and O–H groups in total. The third-order valence-corrected chi connectivity index (χ3v) is 3.17. The van der Waals surface area contributed by atoms with Gasteiger partial charge in [-0.25, -0.2) is 0 Å². The minimum Gasteiger partial charge on any atom is -0.329 e. The van der Waals surface area contributed by atoms with Gasteiger partial charge in [0.05, 0.1) is 0 Å². The Bertz CT molecular complexity index is 307. The Hall–Kier alpha value is -0.860. The van der Waals surface area contributed by atoms with E-state index in [0.717, 1.165) is 13.1 Å². The molecule has 14 heavy (non-hydrogen) atoms. The zero-order chi connectivity index (χ0) is 9.97. The van der Waals surface area contributed by atoms with E-state index in [-0.39, 0.29) is 0 Å². The second-order valence-corrected chi connectivity index (χ2v) is 4.08. The zero-order valence-corrected chi connectivity index (χ0v) is 8.74. The quantitative estimate of drug-likeness (QED) is 0.783. The average Bonchev–Trinajstić information content (AvgIpc) is 2.15. The standard InChI is InChI=1S/C12H18N2/c1-10-4-2-3-5-11(10)9-14-7-6-12(14)8-13/h2-5,12H,6-9,13H2,1H3. The van der Waals surface area contributed by atoms with Crippen molar-refractivity contribution >= 4 is 0 Å². The van der Waals surface area contributed by atoms with Crippen molar-refractivity contribution in [3.63, 3.8) is 0 Å². The molecular weight excluding hydrogens is 172 g/mol. The van der Waals surface area contributed by atoms with Gasteiger partial charge in [-0.3, -0.25) is 4.90 Å². The normalized spacial score (nSPS) is 22.0. The van der Waals surface area contributed by atoms with Crippen LogP contribution in [-0.4, -0.2) is 24.0 Å². The second kappa shape index (κ2) is 4.11. The molecule has 2 heteroatoms. The van der Waals surface area contributed by atoms with Crippen molar-refractivity contribution in [3.8, 4) is 0 Å². The number of hydrogen-bond donors (Lipinski definition) is 1. The number of hydrogen-bond acceptors (Lipinski definition) is 2. The van der Waals surface area contributed by atoms with Crippen LogP contribution < -0.4 is 5.73 Å². The second-order valence-electron chi connectivity index (χ2n) is 4.08. The molecule has 2 rings (SSSR count). The SMILES string of the molecule is Cc1ccccc1CN1CCC1CN. The third kappa shape index (κ3) is 1.81. The van der Waals surface area contributed by atoms with Crippen molar-refractivity contribution in [2.24, 2.45) is 5.73 Å². The summed E-state index contributed by atoms with van der Waals surface area (Å²) in [6.07, 6.45) is 1.27. The molecule has 1 fully saturated rings. The van der Waals surface area contributed by atoms with Gasteiger partial charge in [-0.2, -0.15) is 0 Å². The smallest absolute Gasteiger partial charge is 0.0239 e. The molecule has 1 aromatic rings. The maximum Gasteiger partial charge on any atom is 0.0239 e. The van der Waals surface area contributed by atoms with Gasteiger partial charge >= 0.3 is 0 Å². The lowest BCUT2D eigenvalue weighted by Crippen LogP contribution is -2.50. The van der Waals surface area contributed by atoms with Gasteiger partial charge in [0.2, 0.25) is 0 Å². The lowest BCUT2D eigenvalue weighted by Gasteiger charge is -2.40. The van der Waals surface area contributed by atoms with E-state index in [1.165, 1.54) is 24.1 Å². The zero-order valence-electron chi connectivity index (χ0n) is 8.74. The molecule has 0 bridgehead atoms. The van der Waals surface area contributed by atoms with Crippen LogP contribution in [0.15, 0.2) is 24.3 Å². The van der Waals surface area contributed by atoms with Crippen LogP contribution in [0.1, 0.15) is 17.5 Å². The molecule has 0 spiro atoms. The van der Waals surface area contributed by atoms with Gasteiger partial charge < -0.3 is 5.73 Å². The first kappa shape index (κ1) is 9.69. The predicted molar refractivity (Wildman–Crippen MR) is 59.0 cm³/mol. The maximum atomic E-state index is 5.67. The first-order valence-electron chi connectivity index (χ1n) is 5.30. The van der Waals surface area contributed by atoms with E-state index in [1.54, 1.807) is 0 Å². The molecule has 1 saturated heterocycles. The number of benzene rings is 1. The summed E-state index contributed by atoms with van der Waals surface area (Å²) in [4.78, 5) is 2.46. The molecule has 2 nitrogen and oxygen atoms in total. The van der Waals surface area contributed by atoms with E-state index in [0.29, 0.717) is 6.04 Å².